The molecule has 0 radical (unpaired) electrons. The summed E-state index contributed by atoms with van der Waals surface area (Å²) in [4.78, 5) is 26.2. The lowest BCUT2D eigenvalue weighted by Crippen LogP contribution is -2.35. The molecule has 2 rings (SSSR count). The van der Waals surface area contributed by atoms with E-state index in [9.17, 15) is 9.59 Å². The molecule has 0 fully saturated rings. The Morgan fingerprint density at radius 2 is 1.68 bits per heavy atom. The molecule has 0 aliphatic heterocycles. The van der Waals surface area contributed by atoms with Crippen molar-refractivity contribution in [2.75, 3.05) is 33.1 Å². The van der Waals surface area contributed by atoms with Gasteiger partial charge in [0.1, 0.15) is 11.5 Å². The third-order valence-corrected chi connectivity index (χ3v) is 4.72. The summed E-state index contributed by atoms with van der Waals surface area (Å²) in [5.41, 5.74) is 3.85. The predicted molar refractivity (Wildman–Crippen MR) is 110 cm³/mol. The summed E-state index contributed by atoms with van der Waals surface area (Å²) in [6.45, 7) is 3.96. The van der Waals surface area contributed by atoms with Crippen molar-refractivity contribution >= 4 is 17.5 Å². The first kappa shape index (κ1) is 21.3. The quantitative estimate of drug-likeness (QED) is 0.758. The first-order valence-electron chi connectivity index (χ1n) is 9.16. The van der Waals surface area contributed by atoms with Gasteiger partial charge in [0.15, 0.2) is 0 Å². The van der Waals surface area contributed by atoms with Gasteiger partial charge in [-0.2, -0.15) is 0 Å². The standard InChI is InChI=1S/C22H28N2O4/c1-15-7-6-8-20(16(15)2)23-21(25)14-24(3)22(26)10-9-17-11-18(27-4)13-19(12-17)28-5/h6-8,11-13H,9-10,14H2,1-5H3,(H,23,25). The molecule has 28 heavy (non-hydrogen) atoms. The Bertz CT molecular complexity index is 826. The second-order valence-electron chi connectivity index (χ2n) is 6.77. The van der Waals surface area contributed by atoms with Crippen LogP contribution in [0.4, 0.5) is 5.69 Å². The molecular formula is C22H28N2O4. The van der Waals surface area contributed by atoms with Crippen LogP contribution in [0.25, 0.3) is 0 Å². The van der Waals surface area contributed by atoms with Gasteiger partial charge in [-0.3, -0.25) is 9.59 Å². The lowest BCUT2D eigenvalue weighted by Gasteiger charge is -2.18. The largest absolute Gasteiger partial charge is 0.497 e. The number of hydrogen-bond acceptors (Lipinski definition) is 4. The van der Waals surface area contributed by atoms with Crippen LogP contribution >= 0.6 is 0 Å². The highest BCUT2D eigenvalue weighted by atomic mass is 16.5. The Kier molecular flexibility index (Phi) is 7.44. The number of amides is 2. The number of anilines is 1. The maximum absolute atomic E-state index is 12.4. The number of hydrogen-bond donors (Lipinski definition) is 1. The van der Waals surface area contributed by atoms with E-state index < -0.39 is 0 Å². The molecule has 0 heterocycles. The Hall–Kier alpha value is -3.02. The van der Waals surface area contributed by atoms with E-state index in [2.05, 4.69) is 5.32 Å². The molecule has 6 nitrogen and oxygen atoms in total. The molecule has 2 aromatic carbocycles. The van der Waals surface area contributed by atoms with Crippen molar-refractivity contribution in [3.8, 4) is 11.5 Å². The van der Waals surface area contributed by atoms with Crippen molar-refractivity contribution in [1.82, 2.24) is 4.90 Å². The van der Waals surface area contributed by atoms with Crippen LogP contribution in [0.1, 0.15) is 23.1 Å². The van der Waals surface area contributed by atoms with Crippen molar-refractivity contribution in [3.05, 3.63) is 53.1 Å². The highest BCUT2D eigenvalue weighted by Crippen LogP contribution is 2.23. The fourth-order valence-electron chi connectivity index (χ4n) is 2.83. The summed E-state index contributed by atoms with van der Waals surface area (Å²) < 4.78 is 10.5. The highest BCUT2D eigenvalue weighted by molar-refractivity contribution is 5.95. The zero-order valence-corrected chi connectivity index (χ0v) is 17.2. The van der Waals surface area contributed by atoms with Crippen LogP contribution in [0.5, 0.6) is 11.5 Å². The number of nitrogens with one attached hydrogen (secondary N) is 1. The lowest BCUT2D eigenvalue weighted by molar-refractivity contribution is -0.133. The second-order valence-corrected chi connectivity index (χ2v) is 6.77. The first-order chi connectivity index (χ1) is 13.3. The molecule has 6 heteroatoms. The van der Waals surface area contributed by atoms with Gasteiger partial charge in [-0.15, -0.1) is 0 Å². The normalized spacial score (nSPS) is 10.3. The van der Waals surface area contributed by atoms with E-state index in [1.165, 1.54) is 4.90 Å². The Morgan fingerprint density at radius 3 is 2.29 bits per heavy atom. The van der Waals surface area contributed by atoms with E-state index in [1.807, 2.05) is 44.2 Å². The predicted octanol–water partition coefficient (Wildman–Crippen LogP) is 3.35. The van der Waals surface area contributed by atoms with Crippen LogP contribution in [0.3, 0.4) is 0 Å². The van der Waals surface area contributed by atoms with Crippen molar-refractivity contribution in [3.63, 3.8) is 0 Å². The van der Waals surface area contributed by atoms with Gasteiger partial charge >= 0.3 is 0 Å². The summed E-state index contributed by atoms with van der Waals surface area (Å²) in [5, 5.41) is 2.87. The minimum Gasteiger partial charge on any atom is -0.497 e. The number of aryl methyl sites for hydroxylation is 2. The molecule has 0 spiro atoms. The zero-order chi connectivity index (χ0) is 20.7. The molecular weight excluding hydrogens is 356 g/mol. The van der Waals surface area contributed by atoms with Gasteiger partial charge in [0.2, 0.25) is 11.8 Å². The highest BCUT2D eigenvalue weighted by Gasteiger charge is 2.14. The fraction of sp³-hybridized carbons (Fsp3) is 0.364. The van der Waals surface area contributed by atoms with Crippen LogP contribution in [0, 0.1) is 13.8 Å². The van der Waals surface area contributed by atoms with Gasteiger partial charge in [0, 0.05) is 25.2 Å². The monoisotopic (exact) mass is 384 g/mol. The number of nitrogens with zero attached hydrogens (tertiary/aromatic N) is 1. The molecule has 1 N–H and O–H groups in total. The van der Waals surface area contributed by atoms with Crippen LogP contribution in [-0.4, -0.2) is 44.5 Å². The minimum atomic E-state index is -0.215. The van der Waals surface area contributed by atoms with Gasteiger partial charge < -0.3 is 19.7 Å². The SMILES string of the molecule is COc1cc(CCC(=O)N(C)CC(=O)Nc2cccc(C)c2C)cc(OC)c1. The summed E-state index contributed by atoms with van der Waals surface area (Å²) in [5.74, 6) is 1.05. The molecule has 2 aromatic rings. The molecule has 0 unspecified atom stereocenters. The van der Waals surface area contributed by atoms with Gasteiger partial charge in [0.25, 0.3) is 0 Å². The third kappa shape index (κ3) is 5.74. The molecule has 0 bridgehead atoms. The topological polar surface area (TPSA) is 67.9 Å². The average molecular weight is 384 g/mol. The zero-order valence-electron chi connectivity index (χ0n) is 17.2. The van der Waals surface area contributed by atoms with Gasteiger partial charge in [-0.05, 0) is 55.2 Å². The minimum absolute atomic E-state index is 0.00759. The Balaban J connectivity index is 1.90. The van der Waals surface area contributed by atoms with Crippen molar-refractivity contribution in [2.45, 2.75) is 26.7 Å². The first-order valence-corrected chi connectivity index (χ1v) is 9.16. The average Bonchev–Trinajstić information content (AvgIpc) is 2.69. The van der Waals surface area contributed by atoms with E-state index >= 15 is 0 Å². The van der Waals surface area contributed by atoms with Crippen LogP contribution in [-0.2, 0) is 16.0 Å². The maximum atomic E-state index is 12.4. The molecule has 2 amide bonds. The van der Waals surface area contributed by atoms with Crippen molar-refractivity contribution in [2.24, 2.45) is 0 Å². The van der Waals surface area contributed by atoms with Crippen LogP contribution in [0.15, 0.2) is 36.4 Å². The van der Waals surface area contributed by atoms with E-state index in [0.29, 0.717) is 24.3 Å². The Morgan fingerprint density at radius 1 is 1.04 bits per heavy atom. The number of ether oxygens (including phenoxy) is 2. The molecule has 150 valence electrons. The van der Waals surface area contributed by atoms with E-state index in [4.69, 9.17) is 9.47 Å². The number of methoxy groups -OCH3 is 2. The fourth-order valence-corrected chi connectivity index (χ4v) is 2.83. The molecule has 0 saturated heterocycles. The molecule has 0 aliphatic rings. The number of likely N-dealkylation sites (N-methyl/N-ethyl adjacent to an activating group) is 1. The number of benzene rings is 2. The maximum Gasteiger partial charge on any atom is 0.243 e. The molecule has 0 aromatic heterocycles. The van der Waals surface area contributed by atoms with Gasteiger partial charge in [-0.1, -0.05) is 12.1 Å². The summed E-state index contributed by atoms with van der Waals surface area (Å²) in [6.07, 6.45) is 0.832. The third-order valence-electron chi connectivity index (χ3n) is 4.72. The van der Waals surface area contributed by atoms with Crippen molar-refractivity contribution in [1.29, 1.82) is 0 Å². The smallest absolute Gasteiger partial charge is 0.243 e. The van der Waals surface area contributed by atoms with Crippen LogP contribution in [0.2, 0.25) is 0 Å². The molecule has 0 atom stereocenters. The van der Waals surface area contributed by atoms with Gasteiger partial charge in [0.05, 0.1) is 20.8 Å². The van der Waals surface area contributed by atoms with Gasteiger partial charge in [-0.25, -0.2) is 0 Å². The summed E-state index contributed by atoms with van der Waals surface area (Å²) >= 11 is 0. The summed E-state index contributed by atoms with van der Waals surface area (Å²) in [7, 11) is 4.81. The van der Waals surface area contributed by atoms with Crippen LogP contribution < -0.4 is 14.8 Å². The summed E-state index contributed by atoms with van der Waals surface area (Å²) in [6, 6.07) is 11.3. The van der Waals surface area contributed by atoms with Crippen molar-refractivity contribution < 1.29 is 19.1 Å². The Labute approximate surface area is 166 Å². The van der Waals surface area contributed by atoms with E-state index in [-0.39, 0.29) is 18.4 Å². The van der Waals surface area contributed by atoms with E-state index in [1.54, 1.807) is 27.3 Å². The number of rotatable bonds is 8. The van der Waals surface area contributed by atoms with E-state index in [0.717, 1.165) is 22.4 Å². The molecule has 0 aliphatic carbocycles. The second kappa shape index (κ2) is 9.78. The number of carbonyl (C=O) groups is 2. The lowest BCUT2D eigenvalue weighted by atomic mass is 10.1. The molecule has 0 saturated carbocycles. The number of carbonyl (C=O) groups excluding carboxylic acids is 2.